The molecule has 2 fully saturated rings. The van der Waals surface area contributed by atoms with Crippen LogP contribution < -0.4 is 0 Å². The van der Waals surface area contributed by atoms with Crippen molar-refractivity contribution in [2.75, 3.05) is 59.5 Å². The highest BCUT2D eigenvalue weighted by molar-refractivity contribution is 6.42. The van der Waals surface area contributed by atoms with E-state index < -0.39 is 0 Å². The second kappa shape index (κ2) is 13.4. The summed E-state index contributed by atoms with van der Waals surface area (Å²) in [7, 11) is 1.67. The quantitative estimate of drug-likeness (QED) is 0.407. The Morgan fingerprint density at radius 1 is 1.15 bits per heavy atom. The summed E-state index contributed by atoms with van der Waals surface area (Å²) in [4.78, 5) is 31.2. The van der Waals surface area contributed by atoms with Gasteiger partial charge in [-0.1, -0.05) is 29.3 Å². The average molecular weight is 512 g/mol. The van der Waals surface area contributed by atoms with Gasteiger partial charge in [0.1, 0.15) is 0 Å². The molecular weight excluding hydrogens is 477 g/mol. The summed E-state index contributed by atoms with van der Waals surface area (Å²) >= 11 is 12.0. The molecule has 0 saturated carbocycles. The molecule has 1 aromatic carbocycles. The first-order valence-electron chi connectivity index (χ1n) is 12.0. The van der Waals surface area contributed by atoms with Gasteiger partial charge in [0, 0.05) is 64.8 Å². The number of piperidine rings is 1. The van der Waals surface area contributed by atoms with Crippen molar-refractivity contribution in [1.29, 1.82) is 0 Å². The normalized spacial score (nSPS) is 22.4. The van der Waals surface area contributed by atoms with Gasteiger partial charge in [-0.05, 0) is 49.6 Å². The van der Waals surface area contributed by atoms with Crippen molar-refractivity contribution >= 4 is 41.1 Å². The van der Waals surface area contributed by atoms with E-state index in [9.17, 15) is 14.7 Å². The molecular formula is C25H35Cl2N3O4. The highest BCUT2D eigenvalue weighted by Crippen LogP contribution is 2.23. The summed E-state index contributed by atoms with van der Waals surface area (Å²) in [5.74, 6) is 0.156. The number of hydrogen-bond acceptors (Lipinski definition) is 5. The highest BCUT2D eigenvalue weighted by Gasteiger charge is 2.27. The number of halogens is 2. The van der Waals surface area contributed by atoms with Crippen LogP contribution in [0.5, 0.6) is 0 Å². The zero-order valence-electron chi connectivity index (χ0n) is 19.8. The Morgan fingerprint density at radius 2 is 1.94 bits per heavy atom. The number of hydrogen-bond donors (Lipinski definition) is 1. The first-order chi connectivity index (χ1) is 16.4. The van der Waals surface area contributed by atoms with Crippen LogP contribution in [-0.2, 0) is 14.3 Å². The fourth-order valence-corrected chi connectivity index (χ4v) is 4.83. The second-order valence-electron chi connectivity index (χ2n) is 9.04. The van der Waals surface area contributed by atoms with Crippen LogP contribution >= 0.6 is 23.2 Å². The Hall–Kier alpha value is -1.64. The van der Waals surface area contributed by atoms with Gasteiger partial charge in [0.2, 0.25) is 11.8 Å². The molecule has 34 heavy (non-hydrogen) atoms. The standard InChI is InChI=1S/C25H35Cl2N3O4/c1-34-18-20-17-28(12-8-23(20)31)10-2-3-11-29-14-15-30(13-9-25(29)33)24(32)7-5-19-4-6-21(26)22(27)16-19/h4-7,16,20,23,31H,2-3,8-15,17-18H2,1H3/b7-5+. The number of rotatable bonds is 9. The fourth-order valence-electron chi connectivity index (χ4n) is 4.53. The number of unbranched alkanes of at least 4 members (excludes halogenated alkanes) is 1. The number of likely N-dealkylation sites (tertiary alicyclic amines) is 1. The number of aliphatic hydroxyl groups is 1. The smallest absolute Gasteiger partial charge is 0.246 e. The van der Waals surface area contributed by atoms with E-state index in [1.54, 1.807) is 36.3 Å². The Kier molecular flexibility index (Phi) is 10.7. The number of methoxy groups -OCH3 is 1. The molecule has 2 heterocycles. The van der Waals surface area contributed by atoms with Crippen molar-refractivity contribution in [1.82, 2.24) is 14.7 Å². The van der Waals surface area contributed by atoms with Gasteiger partial charge in [-0.2, -0.15) is 0 Å². The van der Waals surface area contributed by atoms with Crippen LogP contribution in [0.1, 0.15) is 31.2 Å². The van der Waals surface area contributed by atoms with Crippen molar-refractivity contribution in [2.45, 2.75) is 31.8 Å². The predicted molar refractivity (Wildman–Crippen MR) is 135 cm³/mol. The van der Waals surface area contributed by atoms with Crippen LogP contribution in [0.3, 0.4) is 0 Å². The van der Waals surface area contributed by atoms with Crippen LogP contribution in [0.15, 0.2) is 24.3 Å². The summed E-state index contributed by atoms with van der Waals surface area (Å²) in [5.41, 5.74) is 0.798. The summed E-state index contributed by atoms with van der Waals surface area (Å²) in [5, 5.41) is 11.0. The summed E-state index contributed by atoms with van der Waals surface area (Å²) in [6.07, 6.45) is 5.99. The molecule has 2 aliphatic heterocycles. The second-order valence-corrected chi connectivity index (χ2v) is 9.86. The number of nitrogens with zero attached hydrogens (tertiary/aromatic N) is 3. The maximum Gasteiger partial charge on any atom is 0.246 e. The lowest BCUT2D eigenvalue weighted by atomic mass is 9.95. The van der Waals surface area contributed by atoms with Gasteiger partial charge in [-0.15, -0.1) is 0 Å². The van der Waals surface area contributed by atoms with Crippen LogP contribution in [0.25, 0.3) is 6.08 Å². The van der Waals surface area contributed by atoms with E-state index in [0.29, 0.717) is 49.3 Å². The van der Waals surface area contributed by atoms with Crippen molar-refractivity contribution in [2.24, 2.45) is 5.92 Å². The van der Waals surface area contributed by atoms with Gasteiger partial charge in [0.15, 0.2) is 0 Å². The number of aliphatic hydroxyl groups excluding tert-OH is 1. The predicted octanol–water partition coefficient (Wildman–Crippen LogP) is 3.18. The van der Waals surface area contributed by atoms with E-state index in [1.165, 1.54) is 6.08 Å². The molecule has 3 rings (SSSR count). The summed E-state index contributed by atoms with van der Waals surface area (Å²) < 4.78 is 5.23. The topological polar surface area (TPSA) is 73.3 Å². The third-order valence-electron chi connectivity index (χ3n) is 6.57. The molecule has 188 valence electrons. The Morgan fingerprint density at radius 3 is 2.71 bits per heavy atom. The maximum absolute atomic E-state index is 12.6. The van der Waals surface area contributed by atoms with Gasteiger partial charge in [0.05, 0.1) is 22.8 Å². The van der Waals surface area contributed by atoms with Gasteiger partial charge < -0.3 is 24.5 Å². The number of carbonyl (C=O) groups excluding carboxylic acids is 2. The maximum atomic E-state index is 12.6. The lowest BCUT2D eigenvalue weighted by Gasteiger charge is -2.36. The Labute approximate surface area is 212 Å². The molecule has 2 aliphatic rings. The molecule has 9 heteroatoms. The molecule has 0 bridgehead atoms. The molecule has 2 unspecified atom stereocenters. The molecule has 1 aromatic rings. The third kappa shape index (κ3) is 7.95. The van der Waals surface area contributed by atoms with E-state index in [2.05, 4.69) is 4.90 Å². The van der Waals surface area contributed by atoms with Crippen LogP contribution in [-0.4, -0.2) is 97.3 Å². The number of amides is 2. The SMILES string of the molecule is COCC1CN(CCCCN2CCN(C(=O)/C=C/c3ccc(Cl)c(Cl)c3)CCC2=O)CCC1O. The minimum Gasteiger partial charge on any atom is -0.393 e. The van der Waals surface area contributed by atoms with Gasteiger partial charge in [-0.25, -0.2) is 0 Å². The van der Waals surface area contributed by atoms with Crippen LogP contribution in [0.2, 0.25) is 10.0 Å². The minimum absolute atomic E-state index is 0.102. The van der Waals surface area contributed by atoms with Crippen molar-refractivity contribution in [3.63, 3.8) is 0 Å². The average Bonchev–Trinajstić information content (AvgIpc) is 3.01. The third-order valence-corrected chi connectivity index (χ3v) is 7.31. The molecule has 2 atom stereocenters. The molecule has 2 amide bonds. The lowest BCUT2D eigenvalue weighted by molar-refractivity contribution is -0.130. The highest BCUT2D eigenvalue weighted by atomic mass is 35.5. The van der Waals surface area contributed by atoms with Crippen LogP contribution in [0.4, 0.5) is 0 Å². The molecule has 7 nitrogen and oxygen atoms in total. The summed E-state index contributed by atoms with van der Waals surface area (Å²) in [6, 6.07) is 5.21. The molecule has 2 saturated heterocycles. The molecule has 0 aliphatic carbocycles. The molecule has 0 aromatic heterocycles. The van der Waals surface area contributed by atoms with Gasteiger partial charge in [-0.3, -0.25) is 9.59 Å². The lowest BCUT2D eigenvalue weighted by Crippen LogP contribution is -2.45. The van der Waals surface area contributed by atoms with E-state index in [0.717, 1.165) is 44.5 Å². The molecule has 1 N–H and O–H groups in total. The van der Waals surface area contributed by atoms with E-state index in [4.69, 9.17) is 27.9 Å². The van der Waals surface area contributed by atoms with E-state index in [-0.39, 0.29) is 23.8 Å². The molecule has 0 spiro atoms. The Bertz CT molecular complexity index is 867. The van der Waals surface area contributed by atoms with Crippen molar-refractivity contribution in [3.05, 3.63) is 39.9 Å². The van der Waals surface area contributed by atoms with Gasteiger partial charge >= 0.3 is 0 Å². The van der Waals surface area contributed by atoms with Crippen molar-refractivity contribution in [3.8, 4) is 0 Å². The zero-order valence-corrected chi connectivity index (χ0v) is 21.3. The largest absolute Gasteiger partial charge is 0.393 e. The fraction of sp³-hybridized carbons (Fsp3) is 0.600. The zero-order chi connectivity index (χ0) is 24.5. The van der Waals surface area contributed by atoms with E-state index in [1.807, 2.05) is 4.90 Å². The monoisotopic (exact) mass is 511 g/mol. The first kappa shape index (κ1) is 27.0. The number of benzene rings is 1. The van der Waals surface area contributed by atoms with Gasteiger partial charge in [0.25, 0.3) is 0 Å². The minimum atomic E-state index is -0.282. The van der Waals surface area contributed by atoms with E-state index >= 15 is 0 Å². The van der Waals surface area contributed by atoms with Crippen LogP contribution in [0, 0.1) is 5.92 Å². The molecule has 0 radical (unpaired) electrons. The number of carbonyl (C=O) groups is 2. The summed E-state index contributed by atoms with van der Waals surface area (Å²) in [6.45, 7) is 5.50. The first-order valence-corrected chi connectivity index (χ1v) is 12.7. The number of ether oxygens (including phenoxy) is 1. The van der Waals surface area contributed by atoms with Crippen molar-refractivity contribution < 1.29 is 19.4 Å². The Balaban J connectivity index is 1.40.